The van der Waals surface area contributed by atoms with Gasteiger partial charge in [-0.25, -0.2) is 4.39 Å². The zero-order valence-electron chi connectivity index (χ0n) is 12.0. The number of amides is 1. The second-order valence-corrected chi connectivity index (χ2v) is 5.31. The highest BCUT2D eigenvalue weighted by Crippen LogP contribution is 2.28. The molecule has 1 aliphatic rings. The Morgan fingerprint density at radius 1 is 1.55 bits per heavy atom. The Labute approximate surface area is 119 Å². The summed E-state index contributed by atoms with van der Waals surface area (Å²) in [5.74, 6) is -0.247. The second kappa shape index (κ2) is 6.33. The number of carbonyl (C=O) groups is 1. The number of piperazine rings is 1. The Balaban J connectivity index is 2.34. The number of hydrogen-bond donors (Lipinski definition) is 2. The summed E-state index contributed by atoms with van der Waals surface area (Å²) in [6, 6.07) is 5.94. The Bertz CT molecular complexity index is 478. The molecule has 1 amide bonds. The van der Waals surface area contributed by atoms with E-state index >= 15 is 0 Å². The molecule has 1 aromatic carbocycles. The normalized spacial score (nSPS) is 23.2. The van der Waals surface area contributed by atoms with Gasteiger partial charge in [0.15, 0.2) is 0 Å². The summed E-state index contributed by atoms with van der Waals surface area (Å²) in [5.41, 5.74) is 6.94. The van der Waals surface area contributed by atoms with Gasteiger partial charge in [-0.2, -0.15) is 0 Å². The highest BCUT2D eigenvalue weighted by atomic mass is 19.1. The predicted molar refractivity (Wildman–Crippen MR) is 76.6 cm³/mol. The van der Waals surface area contributed by atoms with Gasteiger partial charge < -0.3 is 11.1 Å². The molecule has 0 aliphatic carbocycles. The molecule has 3 N–H and O–H groups in total. The van der Waals surface area contributed by atoms with Gasteiger partial charge in [0.2, 0.25) is 5.91 Å². The number of halogens is 1. The van der Waals surface area contributed by atoms with Gasteiger partial charge in [-0.3, -0.25) is 9.69 Å². The molecule has 1 fully saturated rings. The molecular formula is C15H22FN3O. The first-order valence-corrected chi connectivity index (χ1v) is 7.09. The summed E-state index contributed by atoms with van der Waals surface area (Å²) < 4.78 is 13.5. The molecule has 0 spiro atoms. The maximum Gasteiger partial charge on any atom is 0.237 e. The van der Waals surface area contributed by atoms with Crippen LogP contribution < -0.4 is 11.1 Å². The fourth-order valence-electron chi connectivity index (χ4n) is 2.97. The molecule has 5 heteroatoms. The zero-order valence-corrected chi connectivity index (χ0v) is 12.0. The third-order valence-electron chi connectivity index (χ3n) is 3.80. The van der Waals surface area contributed by atoms with Crippen LogP contribution in [0.5, 0.6) is 0 Å². The fraction of sp³-hybridized carbons (Fsp3) is 0.533. The van der Waals surface area contributed by atoms with E-state index in [0.29, 0.717) is 13.0 Å². The molecule has 1 aliphatic heterocycles. The largest absolute Gasteiger partial charge is 0.353 e. The Morgan fingerprint density at radius 3 is 2.90 bits per heavy atom. The van der Waals surface area contributed by atoms with Gasteiger partial charge in [-0.15, -0.1) is 0 Å². The molecule has 0 bridgehead atoms. The lowest BCUT2D eigenvalue weighted by Crippen LogP contribution is -2.58. The third kappa shape index (κ3) is 2.99. The number of hydrogen-bond acceptors (Lipinski definition) is 3. The predicted octanol–water partition coefficient (Wildman–Crippen LogP) is 1.42. The Hall–Kier alpha value is -1.46. The van der Waals surface area contributed by atoms with Crippen molar-refractivity contribution in [2.45, 2.75) is 38.4 Å². The molecule has 0 radical (unpaired) electrons. The van der Waals surface area contributed by atoms with Crippen LogP contribution >= 0.6 is 0 Å². The van der Waals surface area contributed by atoms with Crippen LogP contribution in [0.2, 0.25) is 0 Å². The van der Waals surface area contributed by atoms with Crippen molar-refractivity contribution in [2.75, 3.05) is 13.1 Å². The van der Waals surface area contributed by atoms with Crippen LogP contribution in [-0.4, -0.2) is 36.0 Å². The smallest absolute Gasteiger partial charge is 0.237 e. The molecule has 1 heterocycles. The summed E-state index contributed by atoms with van der Waals surface area (Å²) in [6.07, 6.45) is 0.713. The maximum absolute atomic E-state index is 13.5. The van der Waals surface area contributed by atoms with Crippen LogP contribution in [0.4, 0.5) is 4.39 Å². The van der Waals surface area contributed by atoms with Crippen molar-refractivity contribution in [3.63, 3.8) is 0 Å². The molecule has 0 aromatic heterocycles. The van der Waals surface area contributed by atoms with E-state index in [1.807, 2.05) is 19.9 Å². The van der Waals surface area contributed by atoms with Gasteiger partial charge in [0.1, 0.15) is 5.82 Å². The number of carbonyl (C=O) groups excluding carboxylic acids is 1. The monoisotopic (exact) mass is 279 g/mol. The maximum atomic E-state index is 13.5. The number of nitrogens with zero attached hydrogens (tertiary/aromatic N) is 1. The van der Waals surface area contributed by atoms with Crippen molar-refractivity contribution in [3.05, 3.63) is 35.6 Å². The summed E-state index contributed by atoms with van der Waals surface area (Å²) >= 11 is 0. The van der Waals surface area contributed by atoms with Crippen molar-refractivity contribution in [2.24, 2.45) is 5.73 Å². The zero-order chi connectivity index (χ0) is 14.7. The average Bonchev–Trinajstić information content (AvgIpc) is 2.39. The van der Waals surface area contributed by atoms with Gasteiger partial charge in [0, 0.05) is 19.1 Å². The molecule has 4 nitrogen and oxygen atoms in total. The van der Waals surface area contributed by atoms with Gasteiger partial charge in [0.05, 0.1) is 12.1 Å². The third-order valence-corrected chi connectivity index (χ3v) is 3.80. The average molecular weight is 279 g/mol. The van der Waals surface area contributed by atoms with E-state index in [2.05, 4.69) is 10.2 Å². The standard InChI is InChI=1S/C15H22FN3O/c1-3-13-15(20)18-7-8-19(13)14(10(2)17)11-5-4-6-12(16)9-11/h4-6,9-10,13-14H,3,7-8,17H2,1-2H3,(H,18,20). The van der Waals surface area contributed by atoms with Crippen LogP contribution in [0.3, 0.4) is 0 Å². The lowest BCUT2D eigenvalue weighted by atomic mass is 9.95. The van der Waals surface area contributed by atoms with Crippen LogP contribution in [-0.2, 0) is 4.79 Å². The van der Waals surface area contributed by atoms with E-state index in [-0.39, 0.29) is 29.8 Å². The number of nitrogens with one attached hydrogen (secondary N) is 1. The summed E-state index contributed by atoms with van der Waals surface area (Å²) in [7, 11) is 0. The molecule has 1 saturated heterocycles. The minimum absolute atomic E-state index is 0.0285. The lowest BCUT2D eigenvalue weighted by molar-refractivity contribution is -0.130. The molecule has 20 heavy (non-hydrogen) atoms. The molecule has 1 aromatic rings. The molecule has 0 saturated carbocycles. The van der Waals surface area contributed by atoms with E-state index in [1.165, 1.54) is 12.1 Å². The van der Waals surface area contributed by atoms with E-state index in [1.54, 1.807) is 6.07 Å². The van der Waals surface area contributed by atoms with Crippen molar-refractivity contribution in [1.29, 1.82) is 0 Å². The van der Waals surface area contributed by atoms with Gasteiger partial charge in [0.25, 0.3) is 0 Å². The van der Waals surface area contributed by atoms with Crippen molar-refractivity contribution < 1.29 is 9.18 Å². The van der Waals surface area contributed by atoms with Crippen LogP contribution in [0.15, 0.2) is 24.3 Å². The van der Waals surface area contributed by atoms with Crippen LogP contribution in [0.25, 0.3) is 0 Å². The van der Waals surface area contributed by atoms with Gasteiger partial charge >= 0.3 is 0 Å². The summed E-state index contributed by atoms with van der Waals surface area (Å²) in [5, 5.41) is 2.87. The first-order valence-electron chi connectivity index (χ1n) is 7.09. The van der Waals surface area contributed by atoms with Crippen molar-refractivity contribution in [1.82, 2.24) is 10.2 Å². The topological polar surface area (TPSA) is 58.4 Å². The molecular weight excluding hydrogens is 257 g/mol. The first kappa shape index (κ1) is 14.9. The number of rotatable bonds is 4. The summed E-state index contributed by atoms with van der Waals surface area (Å²) in [4.78, 5) is 14.1. The van der Waals surface area contributed by atoms with Crippen LogP contribution in [0.1, 0.15) is 31.9 Å². The Morgan fingerprint density at radius 2 is 2.30 bits per heavy atom. The van der Waals surface area contributed by atoms with Crippen LogP contribution in [0, 0.1) is 5.82 Å². The van der Waals surface area contributed by atoms with E-state index in [4.69, 9.17) is 5.73 Å². The lowest BCUT2D eigenvalue weighted by Gasteiger charge is -2.42. The highest BCUT2D eigenvalue weighted by Gasteiger charge is 2.35. The van der Waals surface area contributed by atoms with E-state index in [9.17, 15) is 9.18 Å². The fourth-order valence-corrected chi connectivity index (χ4v) is 2.97. The van der Waals surface area contributed by atoms with E-state index < -0.39 is 0 Å². The molecule has 110 valence electrons. The SMILES string of the molecule is CCC1C(=O)NCCN1C(c1cccc(F)c1)C(C)N. The highest BCUT2D eigenvalue weighted by molar-refractivity contribution is 5.82. The second-order valence-electron chi connectivity index (χ2n) is 5.31. The molecule has 2 rings (SSSR count). The quantitative estimate of drug-likeness (QED) is 0.876. The minimum Gasteiger partial charge on any atom is -0.353 e. The number of benzene rings is 1. The number of nitrogens with two attached hydrogens (primary N) is 1. The van der Waals surface area contributed by atoms with Gasteiger partial charge in [-0.05, 0) is 31.0 Å². The minimum atomic E-state index is -0.275. The summed E-state index contributed by atoms with van der Waals surface area (Å²) in [6.45, 7) is 5.21. The van der Waals surface area contributed by atoms with Gasteiger partial charge in [-0.1, -0.05) is 19.1 Å². The van der Waals surface area contributed by atoms with Crippen molar-refractivity contribution >= 4 is 5.91 Å². The Kier molecular flexibility index (Phi) is 4.73. The van der Waals surface area contributed by atoms with Crippen molar-refractivity contribution in [3.8, 4) is 0 Å². The van der Waals surface area contributed by atoms with E-state index in [0.717, 1.165) is 12.1 Å². The molecule has 3 atom stereocenters. The molecule has 3 unspecified atom stereocenters. The first-order chi connectivity index (χ1) is 9.54.